The highest BCUT2D eigenvalue weighted by molar-refractivity contribution is 6.31. The molecule has 1 aromatic heterocycles. The van der Waals surface area contributed by atoms with E-state index in [1.54, 1.807) is 12.3 Å². The number of aryl methyl sites for hydroxylation is 1. The van der Waals surface area contributed by atoms with E-state index in [1.807, 2.05) is 6.92 Å². The smallest absolute Gasteiger partial charge is 0.379 e. The minimum atomic E-state index is -4.16. The third-order valence-electron chi connectivity index (χ3n) is 3.50. The number of hydrogen-bond donors (Lipinski definition) is 1. The molecule has 1 aromatic rings. The highest BCUT2D eigenvalue weighted by Crippen LogP contribution is 2.39. The first-order chi connectivity index (χ1) is 8.88. The fraction of sp³-hybridized carbons (Fsp3) is 0.615. The molecule has 6 heteroatoms. The lowest BCUT2D eigenvalue weighted by molar-refractivity contribution is -0.184. The average Bonchev–Trinajstić information content (AvgIpc) is 2.33. The van der Waals surface area contributed by atoms with Gasteiger partial charge in [-0.05, 0) is 31.4 Å². The average molecular weight is 293 g/mol. The van der Waals surface area contributed by atoms with E-state index in [0.717, 1.165) is 12.0 Å². The van der Waals surface area contributed by atoms with Gasteiger partial charge in [0.1, 0.15) is 0 Å². The zero-order valence-corrected chi connectivity index (χ0v) is 11.4. The van der Waals surface area contributed by atoms with Gasteiger partial charge in [0.25, 0.3) is 0 Å². The van der Waals surface area contributed by atoms with Crippen LogP contribution >= 0.6 is 11.6 Å². The highest BCUT2D eigenvalue weighted by atomic mass is 35.5. The van der Waals surface area contributed by atoms with E-state index in [1.165, 1.54) is 0 Å². The second-order valence-electron chi connectivity index (χ2n) is 5.03. The van der Waals surface area contributed by atoms with Crippen LogP contribution in [0, 0.1) is 12.8 Å². The van der Waals surface area contributed by atoms with Crippen molar-refractivity contribution >= 4 is 17.3 Å². The lowest BCUT2D eigenvalue weighted by Gasteiger charge is -2.34. The van der Waals surface area contributed by atoms with Gasteiger partial charge in [-0.2, -0.15) is 13.2 Å². The molecule has 0 saturated heterocycles. The first kappa shape index (κ1) is 14.4. The molecule has 0 aliphatic heterocycles. The highest BCUT2D eigenvalue weighted by Gasteiger charge is 2.45. The maximum Gasteiger partial charge on any atom is 0.393 e. The van der Waals surface area contributed by atoms with Crippen LogP contribution in [0.2, 0.25) is 5.15 Å². The molecule has 106 valence electrons. The molecule has 0 spiro atoms. The Kier molecular flexibility index (Phi) is 4.23. The Bertz CT molecular complexity index is 448. The quantitative estimate of drug-likeness (QED) is 0.807. The molecule has 19 heavy (non-hydrogen) atoms. The molecule has 0 amide bonds. The van der Waals surface area contributed by atoms with E-state index in [0.29, 0.717) is 18.5 Å². The van der Waals surface area contributed by atoms with Crippen molar-refractivity contribution in [3.05, 3.63) is 23.0 Å². The summed E-state index contributed by atoms with van der Waals surface area (Å²) < 4.78 is 39.0. The predicted octanol–water partition coefficient (Wildman–Crippen LogP) is 4.58. The van der Waals surface area contributed by atoms with Gasteiger partial charge in [0, 0.05) is 12.2 Å². The monoisotopic (exact) mass is 292 g/mol. The van der Waals surface area contributed by atoms with Crippen molar-refractivity contribution in [2.24, 2.45) is 5.92 Å². The Morgan fingerprint density at radius 1 is 1.32 bits per heavy atom. The van der Waals surface area contributed by atoms with Crippen molar-refractivity contribution in [3.63, 3.8) is 0 Å². The fourth-order valence-corrected chi connectivity index (χ4v) is 2.71. The summed E-state index contributed by atoms with van der Waals surface area (Å²) >= 11 is 5.92. The molecule has 2 nitrogen and oxygen atoms in total. The lowest BCUT2D eigenvalue weighted by Crippen LogP contribution is -2.41. The number of aromatic nitrogens is 1. The molecule has 2 unspecified atom stereocenters. The zero-order chi connectivity index (χ0) is 14.0. The topological polar surface area (TPSA) is 24.9 Å². The molecule has 1 aliphatic carbocycles. The molecular weight excluding hydrogens is 277 g/mol. The van der Waals surface area contributed by atoms with Gasteiger partial charge in [-0.15, -0.1) is 0 Å². The minimum Gasteiger partial charge on any atom is -0.379 e. The van der Waals surface area contributed by atoms with Crippen LogP contribution in [0.15, 0.2) is 12.3 Å². The molecule has 2 atom stereocenters. The number of anilines is 1. The van der Waals surface area contributed by atoms with Crippen LogP contribution in [-0.2, 0) is 0 Å². The summed E-state index contributed by atoms with van der Waals surface area (Å²) in [7, 11) is 0. The van der Waals surface area contributed by atoms with Crippen LogP contribution in [-0.4, -0.2) is 17.2 Å². The van der Waals surface area contributed by atoms with Gasteiger partial charge >= 0.3 is 6.18 Å². The van der Waals surface area contributed by atoms with Gasteiger partial charge < -0.3 is 5.32 Å². The Morgan fingerprint density at radius 2 is 2.00 bits per heavy atom. The number of hydrogen-bond acceptors (Lipinski definition) is 2. The standard InChI is InChI=1S/C13H16ClF3N2/c1-8-6-11(12(14)18-7-8)19-10-5-3-2-4-9(10)13(15,16)17/h6-7,9-10,19H,2-5H2,1H3. The molecule has 1 saturated carbocycles. The number of rotatable bonds is 2. The molecule has 1 N–H and O–H groups in total. The van der Waals surface area contributed by atoms with E-state index in [2.05, 4.69) is 10.3 Å². The molecular formula is C13H16ClF3N2. The first-order valence-electron chi connectivity index (χ1n) is 6.33. The van der Waals surface area contributed by atoms with Crippen molar-refractivity contribution < 1.29 is 13.2 Å². The Balaban J connectivity index is 2.17. The second-order valence-corrected chi connectivity index (χ2v) is 5.39. The molecule has 0 bridgehead atoms. The summed E-state index contributed by atoms with van der Waals surface area (Å²) in [6.07, 6.45) is -0.451. The normalized spacial score (nSPS) is 24.3. The maximum absolute atomic E-state index is 13.0. The van der Waals surface area contributed by atoms with Gasteiger partial charge in [0.2, 0.25) is 0 Å². The first-order valence-corrected chi connectivity index (χ1v) is 6.71. The van der Waals surface area contributed by atoms with Crippen LogP contribution in [0.5, 0.6) is 0 Å². The van der Waals surface area contributed by atoms with E-state index in [-0.39, 0.29) is 11.6 Å². The van der Waals surface area contributed by atoms with E-state index in [4.69, 9.17) is 11.6 Å². The summed E-state index contributed by atoms with van der Waals surface area (Å²) in [5.41, 5.74) is 1.36. The largest absolute Gasteiger partial charge is 0.393 e. The van der Waals surface area contributed by atoms with Crippen molar-refractivity contribution in [1.82, 2.24) is 4.98 Å². The number of pyridine rings is 1. The molecule has 2 rings (SSSR count). The summed E-state index contributed by atoms with van der Waals surface area (Å²) in [4.78, 5) is 3.95. The van der Waals surface area contributed by atoms with Gasteiger partial charge in [-0.3, -0.25) is 0 Å². The third-order valence-corrected chi connectivity index (χ3v) is 3.80. The SMILES string of the molecule is Cc1cnc(Cl)c(NC2CCCCC2C(F)(F)F)c1. The van der Waals surface area contributed by atoms with Gasteiger partial charge in [-0.25, -0.2) is 4.98 Å². The van der Waals surface area contributed by atoms with Crippen molar-refractivity contribution in [1.29, 1.82) is 0 Å². The molecule has 1 heterocycles. The molecule has 0 radical (unpaired) electrons. The summed E-state index contributed by atoms with van der Waals surface area (Å²) in [6, 6.07) is 1.12. The zero-order valence-electron chi connectivity index (χ0n) is 10.6. The number of nitrogens with one attached hydrogen (secondary N) is 1. The Hall–Kier alpha value is -0.970. The van der Waals surface area contributed by atoms with E-state index >= 15 is 0 Å². The van der Waals surface area contributed by atoms with Crippen LogP contribution in [0.4, 0.5) is 18.9 Å². The summed E-state index contributed by atoms with van der Waals surface area (Å²) in [5.74, 6) is -1.31. The number of halogens is 4. The molecule has 1 aliphatic rings. The van der Waals surface area contributed by atoms with Crippen LogP contribution in [0.3, 0.4) is 0 Å². The van der Waals surface area contributed by atoms with Crippen molar-refractivity contribution in [2.45, 2.75) is 44.8 Å². The van der Waals surface area contributed by atoms with Crippen LogP contribution in [0.25, 0.3) is 0 Å². The van der Waals surface area contributed by atoms with E-state index in [9.17, 15) is 13.2 Å². The minimum absolute atomic E-state index is 0.179. The molecule has 1 fully saturated rings. The van der Waals surface area contributed by atoms with Gasteiger partial charge in [0.05, 0.1) is 11.6 Å². The van der Waals surface area contributed by atoms with Gasteiger partial charge in [-0.1, -0.05) is 24.4 Å². The van der Waals surface area contributed by atoms with E-state index < -0.39 is 18.1 Å². The predicted molar refractivity (Wildman–Crippen MR) is 69.4 cm³/mol. The lowest BCUT2D eigenvalue weighted by atomic mass is 9.84. The Labute approximate surface area is 115 Å². The maximum atomic E-state index is 13.0. The summed E-state index contributed by atoms with van der Waals surface area (Å²) in [5, 5.41) is 3.15. The van der Waals surface area contributed by atoms with Crippen LogP contribution < -0.4 is 5.32 Å². The Morgan fingerprint density at radius 3 is 2.68 bits per heavy atom. The van der Waals surface area contributed by atoms with Crippen molar-refractivity contribution in [2.75, 3.05) is 5.32 Å². The molecule has 0 aromatic carbocycles. The summed E-state index contributed by atoms with van der Waals surface area (Å²) in [6.45, 7) is 1.83. The number of alkyl halides is 3. The van der Waals surface area contributed by atoms with Crippen LogP contribution in [0.1, 0.15) is 31.2 Å². The van der Waals surface area contributed by atoms with Gasteiger partial charge in [0.15, 0.2) is 5.15 Å². The fourth-order valence-electron chi connectivity index (χ4n) is 2.55. The number of nitrogens with zero attached hydrogens (tertiary/aromatic N) is 1. The van der Waals surface area contributed by atoms with Crippen molar-refractivity contribution in [3.8, 4) is 0 Å². The second kappa shape index (κ2) is 5.57. The third kappa shape index (κ3) is 3.53.